The van der Waals surface area contributed by atoms with Crippen LogP contribution < -0.4 is 0 Å². The van der Waals surface area contributed by atoms with Crippen molar-refractivity contribution in [3.05, 3.63) is 0 Å². The summed E-state index contributed by atoms with van der Waals surface area (Å²) in [6.07, 6.45) is 7.99. The van der Waals surface area contributed by atoms with Gasteiger partial charge in [0.25, 0.3) is 0 Å². The molecule has 0 amide bonds. The predicted octanol–water partition coefficient (Wildman–Crippen LogP) is 2.93. The average molecular weight is 228 g/mol. The number of ether oxygens (including phenoxy) is 2. The van der Waals surface area contributed by atoms with Crippen molar-refractivity contribution in [2.75, 3.05) is 13.7 Å². The first-order valence-corrected chi connectivity index (χ1v) is 6.44. The standard InChI is InChI=1S/C13H24O3/c1-3-11-6-4-7-12(10-11)16-9-5-8-13(14)15-2/h11-12H,3-10H2,1-2H3. The maximum Gasteiger partial charge on any atom is 0.305 e. The highest BCUT2D eigenvalue weighted by Gasteiger charge is 2.20. The van der Waals surface area contributed by atoms with Gasteiger partial charge in [-0.05, 0) is 25.2 Å². The van der Waals surface area contributed by atoms with Crippen LogP contribution in [-0.4, -0.2) is 25.8 Å². The molecule has 2 atom stereocenters. The van der Waals surface area contributed by atoms with E-state index in [1.165, 1.54) is 39.2 Å². The van der Waals surface area contributed by atoms with Crippen molar-refractivity contribution in [3.8, 4) is 0 Å². The maximum atomic E-state index is 10.9. The van der Waals surface area contributed by atoms with Crippen LogP contribution in [0.15, 0.2) is 0 Å². The topological polar surface area (TPSA) is 35.5 Å². The quantitative estimate of drug-likeness (QED) is 0.518. The highest BCUT2D eigenvalue weighted by Crippen LogP contribution is 2.28. The Morgan fingerprint density at radius 2 is 2.19 bits per heavy atom. The molecule has 0 heterocycles. The van der Waals surface area contributed by atoms with Crippen molar-refractivity contribution in [3.63, 3.8) is 0 Å². The number of carbonyl (C=O) groups excluding carboxylic acids is 1. The van der Waals surface area contributed by atoms with Crippen LogP contribution in [0.3, 0.4) is 0 Å². The molecule has 0 aromatic rings. The van der Waals surface area contributed by atoms with Gasteiger partial charge in [0.1, 0.15) is 0 Å². The van der Waals surface area contributed by atoms with Gasteiger partial charge in [0, 0.05) is 13.0 Å². The number of esters is 1. The number of rotatable bonds is 6. The molecule has 94 valence electrons. The van der Waals surface area contributed by atoms with Crippen molar-refractivity contribution in [1.29, 1.82) is 0 Å². The van der Waals surface area contributed by atoms with Crippen LogP contribution in [0.1, 0.15) is 51.9 Å². The summed E-state index contributed by atoms with van der Waals surface area (Å²) in [5, 5.41) is 0. The number of carbonyl (C=O) groups is 1. The summed E-state index contributed by atoms with van der Waals surface area (Å²) in [6, 6.07) is 0. The van der Waals surface area contributed by atoms with Crippen LogP contribution in [0.4, 0.5) is 0 Å². The van der Waals surface area contributed by atoms with E-state index < -0.39 is 0 Å². The second-order valence-corrected chi connectivity index (χ2v) is 4.61. The second-order valence-electron chi connectivity index (χ2n) is 4.61. The first-order chi connectivity index (χ1) is 7.76. The van der Waals surface area contributed by atoms with Gasteiger partial charge in [-0.15, -0.1) is 0 Å². The van der Waals surface area contributed by atoms with E-state index in [0.717, 1.165) is 12.3 Å². The van der Waals surface area contributed by atoms with Crippen molar-refractivity contribution in [2.45, 2.75) is 58.0 Å². The van der Waals surface area contributed by atoms with Crippen molar-refractivity contribution in [1.82, 2.24) is 0 Å². The molecule has 0 radical (unpaired) electrons. The summed E-state index contributed by atoms with van der Waals surface area (Å²) in [6.45, 7) is 2.94. The molecule has 3 nitrogen and oxygen atoms in total. The largest absolute Gasteiger partial charge is 0.469 e. The second kappa shape index (κ2) is 7.66. The summed E-state index contributed by atoms with van der Waals surface area (Å²) >= 11 is 0. The first-order valence-electron chi connectivity index (χ1n) is 6.44. The molecular weight excluding hydrogens is 204 g/mol. The molecule has 1 aliphatic carbocycles. The van der Waals surface area contributed by atoms with Gasteiger partial charge in [0.2, 0.25) is 0 Å². The van der Waals surface area contributed by atoms with E-state index in [1.807, 2.05) is 0 Å². The van der Waals surface area contributed by atoms with E-state index in [2.05, 4.69) is 11.7 Å². The first kappa shape index (κ1) is 13.5. The van der Waals surface area contributed by atoms with Gasteiger partial charge in [-0.1, -0.05) is 26.2 Å². The number of hydrogen-bond acceptors (Lipinski definition) is 3. The fourth-order valence-electron chi connectivity index (χ4n) is 2.33. The van der Waals surface area contributed by atoms with Gasteiger partial charge in [0.15, 0.2) is 0 Å². The van der Waals surface area contributed by atoms with Crippen LogP contribution in [0.2, 0.25) is 0 Å². The molecule has 0 N–H and O–H groups in total. The van der Waals surface area contributed by atoms with Crippen molar-refractivity contribution in [2.24, 2.45) is 5.92 Å². The van der Waals surface area contributed by atoms with Crippen LogP contribution in [0, 0.1) is 5.92 Å². The molecule has 1 aliphatic rings. The summed E-state index contributed by atoms with van der Waals surface area (Å²) < 4.78 is 10.4. The minimum atomic E-state index is -0.140. The molecule has 0 bridgehead atoms. The minimum Gasteiger partial charge on any atom is -0.469 e. The van der Waals surface area contributed by atoms with E-state index in [9.17, 15) is 4.79 Å². The molecule has 1 fully saturated rings. The molecule has 0 aliphatic heterocycles. The Morgan fingerprint density at radius 3 is 2.88 bits per heavy atom. The summed E-state index contributed by atoms with van der Waals surface area (Å²) in [5.41, 5.74) is 0. The third-order valence-electron chi connectivity index (χ3n) is 3.42. The lowest BCUT2D eigenvalue weighted by Gasteiger charge is -2.28. The van der Waals surface area contributed by atoms with Gasteiger partial charge in [0.05, 0.1) is 13.2 Å². The fourth-order valence-corrected chi connectivity index (χ4v) is 2.33. The van der Waals surface area contributed by atoms with Crippen molar-refractivity contribution < 1.29 is 14.3 Å². The van der Waals surface area contributed by atoms with Gasteiger partial charge in [-0.2, -0.15) is 0 Å². The van der Waals surface area contributed by atoms with Crippen LogP contribution in [-0.2, 0) is 14.3 Å². The molecule has 16 heavy (non-hydrogen) atoms. The molecule has 0 spiro atoms. The molecule has 2 unspecified atom stereocenters. The zero-order chi connectivity index (χ0) is 11.8. The smallest absolute Gasteiger partial charge is 0.305 e. The number of hydrogen-bond donors (Lipinski definition) is 0. The Labute approximate surface area is 98.5 Å². The van der Waals surface area contributed by atoms with Gasteiger partial charge in [-0.3, -0.25) is 4.79 Å². The van der Waals surface area contributed by atoms with Gasteiger partial charge >= 0.3 is 5.97 Å². The lowest BCUT2D eigenvalue weighted by molar-refractivity contribution is -0.141. The third-order valence-corrected chi connectivity index (χ3v) is 3.42. The highest BCUT2D eigenvalue weighted by atomic mass is 16.5. The Bertz CT molecular complexity index is 203. The zero-order valence-corrected chi connectivity index (χ0v) is 10.5. The zero-order valence-electron chi connectivity index (χ0n) is 10.5. The average Bonchev–Trinajstić information content (AvgIpc) is 2.34. The highest BCUT2D eigenvalue weighted by molar-refractivity contribution is 5.68. The van der Waals surface area contributed by atoms with E-state index in [0.29, 0.717) is 19.1 Å². The molecule has 1 saturated carbocycles. The molecule has 0 aromatic carbocycles. The maximum absolute atomic E-state index is 10.9. The predicted molar refractivity (Wildman–Crippen MR) is 63.2 cm³/mol. The van der Waals surface area contributed by atoms with E-state index in [4.69, 9.17) is 4.74 Å². The Balaban J connectivity index is 2.06. The molecular formula is C13H24O3. The third kappa shape index (κ3) is 4.97. The van der Waals surface area contributed by atoms with Crippen LogP contribution in [0.5, 0.6) is 0 Å². The summed E-state index contributed by atoms with van der Waals surface area (Å²) in [4.78, 5) is 10.9. The lowest BCUT2D eigenvalue weighted by atomic mass is 9.85. The molecule has 3 heteroatoms. The van der Waals surface area contributed by atoms with E-state index in [1.54, 1.807) is 0 Å². The monoisotopic (exact) mass is 228 g/mol. The molecule has 0 saturated heterocycles. The Morgan fingerprint density at radius 1 is 1.38 bits per heavy atom. The van der Waals surface area contributed by atoms with Crippen molar-refractivity contribution >= 4 is 5.97 Å². The summed E-state index contributed by atoms with van der Waals surface area (Å²) in [7, 11) is 1.43. The van der Waals surface area contributed by atoms with E-state index >= 15 is 0 Å². The Kier molecular flexibility index (Phi) is 6.46. The Hall–Kier alpha value is -0.570. The lowest BCUT2D eigenvalue weighted by Crippen LogP contribution is -2.23. The minimum absolute atomic E-state index is 0.140. The van der Waals surface area contributed by atoms with Crippen LogP contribution in [0.25, 0.3) is 0 Å². The molecule has 1 rings (SSSR count). The fraction of sp³-hybridized carbons (Fsp3) is 0.923. The normalized spacial score (nSPS) is 25.4. The van der Waals surface area contributed by atoms with Crippen LogP contribution >= 0.6 is 0 Å². The number of methoxy groups -OCH3 is 1. The molecule has 0 aromatic heterocycles. The van der Waals surface area contributed by atoms with Gasteiger partial charge in [-0.25, -0.2) is 0 Å². The SMILES string of the molecule is CCC1CCCC(OCCCC(=O)OC)C1. The van der Waals surface area contributed by atoms with Gasteiger partial charge < -0.3 is 9.47 Å². The van der Waals surface area contributed by atoms with E-state index in [-0.39, 0.29) is 5.97 Å². The summed E-state index contributed by atoms with van der Waals surface area (Å²) in [5.74, 6) is 0.707.